The number of hydrogen-bond acceptors (Lipinski definition) is 1. The van der Waals surface area contributed by atoms with Crippen molar-refractivity contribution >= 4 is 22.6 Å². The second-order valence-electron chi connectivity index (χ2n) is 6.61. The molecule has 4 rings (SSSR count). The SMILES string of the molecule is Oc1ccc(C2(c3ccc(I)cc3)CC3CCC2C3)cc1. The number of hydrogen-bond donors (Lipinski definition) is 1. The Morgan fingerprint density at radius 3 is 2.05 bits per heavy atom. The van der Waals surface area contributed by atoms with Crippen LogP contribution in [0.25, 0.3) is 0 Å². The summed E-state index contributed by atoms with van der Waals surface area (Å²) in [5, 5.41) is 9.62. The summed E-state index contributed by atoms with van der Waals surface area (Å²) in [5.74, 6) is 2.00. The zero-order chi connectivity index (χ0) is 14.4. The van der Waals surface area contributed by atoms with Crippen molar-refractivity contribution in [2.45, 2.75) is 31.1 Å². The molecule has 0 radical (unpaired) electrons. The largest absolute Gasteiger partial charge is 0.508 e. The highest BCUT2D eigenvalue weighted by atomic mass is 127. The number of halogens is 1. The Kier molecular flexibility index (Phi) is 3.25. The summed E-state index contributed by atoms with van der Waals surface area (Å²) in [4.78, 5) is 0. The molecule has 3 atom stereocenters. The monoisotopic (exact) mass is 390 g/mol. The van der Waals surface area contributed by atoms with Gasteiger partial charge in [-0.1, -0.05) is 30.7 Å². The lowest BCUT2D eigenvalue weighted by Gasteiger charge is -2.39. The van der Waals surface area contributed by atoms with E-state index in [-0.39, 0.29) is 5.41 Å². The van der Waals surface area contributed by atoms with Gasteiger partial charge < -0.3 is 5.11 Å². The minimum absolute atomic E-state index is 0.168. The van der Waals surface area contributed by atoms with E-state index in [1.165, 1.54) is 40.4 Å². The molecule has 1 nitrogen and oxygen atoms in total. The fourth-order valence-electron chi connectivity index (χ4n) is 4.71. The van der Waals surface area contributed by atoms with Crippen LogP contribution in [-0.2, 0) is 5.41 Å². The van der Waals surface area contributed by atoms with Gasteiger partial charge in [0.15, 0.2) is 0 Å². The van der Waals surface area contributed by atoms with Crippen molar-refractivity contribution in [2.75, 3.05) is 0 Å². The summed E-state index contributed by atoms with van der Waals surface area (Å²) >= 11 is 2.37. The van der Waals surface area contributed by atoms with Gasteiger partial charge in [-0.3, -0.25) is 0 Å². The number of phenolic OH excluding ortho intramolecular Hbond substituents is 1. The van der Waals surface area contributed by atoms with Crippen LogP contribution in [-0.4, -0.2) is 5.11 Å². The van der Waals surface area contributed by atoms with Gasteiger partial charge in [0.05, 0.1) is 0 Å². The quantitative estimate of drug-likeness (QED) is 0.708. The van der Waals surface area contributed by atoms with Crippen molar-refractivity contribution in [3.05, 3.63) is 63.2 Å². The molecule has 2 heteroatoms. The van der Waals surface area contributed by atoms with E-state index in [9.17, 15) is 5.11 Å². The van der Waals surface area contributed by atoms with Crippen molar-refractivity contribution in [3.63, 3.8) is 0 Å². The van der Waals surface area contributed by atoms with Crippen LogP contribution in [0.3, 0.4) is 0 Å². The highest BCUT2D eigenvalue weighted by Gasteiger charge is 2.52. The van der Waals surface area contributed by atoms with E-state index in [4.69, 9.17) is 0 Å². The maximum absolute atomic E-state index is 9.62. The van der Waals surface area contributed by atoms with E-state index in [1.807, 2.05) is 12.1 Å². The molecule has 2 aromatic carbocycles. The third-order valence-corrected chi connectivity index (χ3v) is 6.31. The fraction of sp³-hybridized carbons (Fsp3) is 0.368. The summed E-state index contributed by atoms with van der Waals surface area (Å²) in [7, 11) is 0. The van der Waals surface area contributed by atoms with Gasteiger partial charge in [0.2, 0.25) is 0 Å². The summed E-state index contributed by atoms with van der Waals surface area (Å²) in [6.07, 6.45) is 5.38. The molecule has 2 bridgehead atoms. The van der Waals surface area contributed by atoms with Crippen molar-refractivity contribution in [2.24, 2.45) is 11.8 Å². The minimum atomic E-state index is 0.168. The third-order valence-electron chi connectivity index (χ3n) is 5.59. The predicted octanol–water partition coefficient (Wildman–Crippen LogP) is 5.10. The molecule has 0 aliphatic heterocycles. The zero-order valence-electron chi connectivity index (χ0n) is 11.9. The molecule has 0 spiro atoms. The van der Waals surface area contributed by atoms with Crippen LogP contribution in [0, 0.1) is 15.4 Å². The molecule has 2 aliphatic rings. The molecule has 1 N–H and O–H groups in total. The first-order chi connectivity index (χ1) is 10.2. The van der Waals surface area contributed by atoms with Crippen LogP contribution in [0.1, 0.15) is 36.8 Å². The first-order valence-electron chi connectivity index (χ1n) is 7.74. The van der Waals surface area contributed by atoms with Gasteiger partial charge in [-0.25, -0.2) is 0 Å². The predicted molar refractivity (Wildman–Crippen MR) is 93.5 cm³/mol. The first kappa shape index (κ1) is 13.6. The van der Waals surface area contributed by atoms with Crippen LogP contribution in [0.4, 0.5) is 0 Å². The lowest BCUT2D eigenvalue weighted by molar-refractivity contribution is 0.320. The fourth-order valence-corrected chi connectivity index (χ4v) is 5.07. The molecular formula is C19H19IO. The highest BCUT2D eigenvalue weighted by molar-refractivity contribution is 14.1. The van der Waals surface area contributed by atoms with Crippen LogP contribution in [0.5, 0.6) is 5.75 Å². The Bertz CT molecular complexity index is 599. The molecule has 2 aliphatic carbocycles. The molecule has 2 aromatic rings. The number of benzene rings is 2. The molecule has 2 saturated carbocycles. The van der Waals surface area contributed by atoms with Gasteiger partial charge in [0, 0.05) is 8.99 Å². The van der Waals surface area contributed by atoms with Gasteiger partial charge in [-0.2, -0.15) is 0 Å². The number of rotatable bonds is 2. The van der Waals surface area contributed by atoms with Gasteiger partial charge in [-0.05, 0) is 89.1 Å². The van der Waals surface area contributed by atoms with Crippen LogP contribution in [0.15, 0.2) is 48.5 Å². The average Bonchev–Trinajstić information content (AvgIpc) is 3.10. The molecule has 2 fully saturated rings. The van der Waals surface area contributed by atoms with Gasteiger partial charge in [0.25, 0.3) is 0 Å². The summed E-state index contributed by atoms with van der Waals surface area (Å²) in [6, 6.07) is 17.0. The van der Waals surface area contributed by atoms with E-state index < -0.39 is 0 Å². The van der Waals surface area contributed by atoms with E-state index in [0.717, 1.165) is 11.8 Å². The molecule has 21 heavy (non-hydrogen) atoms. The summed E-state index contributed by atoms with van der Waals surface area (Å²) in [6.45, 7) is 0. The lowest BCUT2D eigenvalue weighted by atomic mass is 9.64. The Labute approximate surface area is 139 Å². The number of aromatic hydroxyl groups is 1. The van der Waals surface area contributed by atoms with Crippen LogP contribution < -0.4 is 0 Å². The van der Waals surface area contributed by atoms with Crippen LogP contribution in [0.2, 0.25) is 0 Å². The molecule has 0 heterocycles. The first-order valence-corrected chi connectivity index (χ1v) is 8.82. The molecule has 0 amide bonds. The van der Waals surface area contributed by atoms with E-state index in [2.05, 4.69) is 59.0 Å². The highest BCUT2D eigenvalue weighted by Crippen LogP contribution is 2.60. The van der Waals surface area contributed by atoms with Gasteiger partial charge in [-0.15, -0.1) is 0 Å². The van der Waals surface area contributed by atoms with E-state index in [0.29, 0.717) is 5.75 Å². The second-order valence-corrected chi connectivity index (χ2v) is 7.85. The lowest BCUT2D eigenvalue weighted by Crippen LogP contribution is -2.33. The molecule has 0 saturated heterocycles. The van der Waals surface area contributed by atoms with Crippen molar-refractivity contribution in [3.8, 4) is 5.75 Å². The Hall–Kier alpha value is -1.03. The minimum Gasteiger partial charge on any atom is -0.508 e. The number of fused-ring (bicyclic) bond motifs is 2. The van der Waals surface area contributed by atoms with Crippen molar-refractivity contribution in [1.29, 1.82) is 0 Å². The molecular weight excluding hydrogens is 371 g/mol. The molecule has 0 aromatic heterocycles. The topological polar surface area (TPSA) is 20.2 Å². The average molecular weight is 390 g/mol. The maximum atomic E-state index is 9.62. The Balaban J connectivity index is 1.87. The smallest absolute Gasteiger partial charge is 0.115 e. The Morgan fingerprint density at radius 2 is 1.52 bits per heavy atom. The standard InChI is InChI=1S/C19H19IO/c20-17-7-3-14(4-8-17)19(12-13-1-2-16(19)11-13)15-5-9-18(21)10-6-15/h3-10,13,16,21H,1-2,11-12H2. The van der Waals surface area contributed by atoms with E-state index >= 15 is 0 Å². The zero-order valence-corrected chi connectivity index (χ0v) is 14.1. The Morgan fingerprint density at radius 1 is 0.905 bits per heavy atom. The van der Waals surface area contributed by atoms with Crippen molar-refractivity contribution < 1.29 is 5.11 Å². The molecule has 3 unspecified atom stereocenters. The van der Waals surface area contributed by atoms with Crippen LogP contribution >= 0.6 is 22.6 Å². The summed E-state index contributed by atoms with van der Waals surface area (Å²) < 4.78 is 1.29. The maximum Gasteiger partial charge on any atom is 0.115 e. The third kappa shape index (κ3) is 2.10. The van der Waals surface area contributed by atoms with Gasteiger partial charge >= 0.3 is 0 Å². The molecule has 108 valence electrons. The van der Waals surface area contributed by atoms with Crippen molar-refractivity contribution in [1.82, 2.24) is 0 Å². The summed E-state index contributed by atoms with van der Waals surface area (Å²) in [5.41, 5.74) is 3.01. The second kappa shape index (κ2) is 5.01. The van der Waals surface area contributed by atoms with E-state index in [1.54, 1.807) is 0 Å². The number of phenols is 1. The normalized spacial score (nSPS) is 30.7. The van der Waals surface area contributed by atoms with Gasteiger partial charge in [0.1, 0.15) is 5.75 Å².